The minimum atomic E-state index is -0.525. The molecule has 2 aliphatic rings. The van der Waals surface area contributed by atoms with E-state index in [2.05, 4.69) is 0 Å². The molecule has 1 aromatic heterocycles. The van der Waals surface area contributed by atoms with Gasteiger partial charge in [0.25, 0.3) is 11.6 Å². The zero-order chi connectivity index (χ0) is 22.0. The molecule has 0 atom stereocenters. The van der Waals surface area contributed by atoms with Crippen molar-refractivity contribution in [3.05, 3.63) is 51.2 Å². The Bertz CT molecular complexity index is 993. The summed E-state index contributed by atoms with van der Waals surface area (Å²) in [4.78, 5) is 41.2. The summed E-state index contributed by atoms with van der Waals surface area (Å²) in [6, 6.07) is 7.33. The molecule has 0 spiro atoms. The van der Waals surface area contributed by atoms with E-state index in [0.29, 0.717) is 37.5 Å². The molecule has 2 saturated heterocycles. The van der Waals surface area contributed by atoms with Gasteiger partial charge in [0.2, 0.25) is 0 Å². The second-order valence-electron chi connectivity index (χ2n) is 7.69. The molecule has 0 unspecified atom stereocenters. The summed E-state index contributed by atoms with van der Waals surface area (Å²) in [5.41, 5.74) is 0.358. The fraction of sp³-hybridized carbons (Fsp3) is 0.429. The highest BCUT2D eigenvalue weighted by Crippen LogP contribution is 2.32. The molecule has 0 radical (unpaired) electrons. The summed E-state index contributed by atoms with van der Waals surface area (Å²) in [6.45, 7) is 3.46. The number of carbonyl (C=O) groups excluding carboxylic acids is 2. The molecule has 4 rings (SSSR count). The number of hydrogen-bond donors (Lipinski definition) is 0. The largest absolute Gasteiger partial charge is 0.451 e. The first kappa shape index (κ1) is 21.2. The number of nitro benzene ring substituents is 1. The first-order chi connectivity index (χ1) is 14.9. The van der Waals surface area contributed by atoms with Gasteiger partial charge in [-0.2, -0.15) is 0 Å². The third-order valence-electron chi connectivity index (χ3n) is 5.71. The lowest BCUT2D eigenvalue weighted by molar-refractivity contribution is -0.384. The van der Waals surface area contributed by atoms with Gasteiger partial charge in [-0.05, 0) is 37.5 Å². The molecule has 2 fully saturated rings. The number of amides is 3. The van der Waals surface area contributed by atoms with Gasteiger partial charge in [0, 0.05) is 57.0 Å². The molecule has 10 heteroatoms. The van der Waals surface area contributed by atoms with Gasteiger partial charge in [-0.25, -0.2) is 4.79 Å². The summed E-state index contributed by atoms with van der Waals surface area (Å²) in [5, 5.41) is 11.0. The third-order valence-corrected chi connectivity index (χ3v) is 6.02. The van der Waals surface area contributed by atoms with Crippen LogP contribution < -0.4 is 0 Å². The van der Waals surface area contributed by atoms with Crippen LogP contribution in [0.25, 0.3) is 11.3 Å². The van der Waals surface area contributed by atoms with E-state index in [1.165, 1.54) is 24.6 Å². The van der Waals surface area contributed by atoms with E-state index in [0.717, 1.165) is 25.9 Å². The molecule has 0 N–H and O–H groups in total. The van der Waals surface area contributed by atoms with Crippen molar-refractivity contribution in [1.29, 1.82) is 0 Å². The van der Waals surface area contributed by atoms with Gasteiger partial charge in [0.1, 0.15) is 5.76 Å². The molecule has 0 bridgehead atoms. The number of piperidine rings is 1. The van der Waals surface area contributed by atoms with Gasteiger partial charge in [-0.1, -0.05) is 11.6 Å². The number of furan rings is 1. The van der Waals surface area contributed by atoms with Crippen molar-refractivity contribution in [3.8, 4) is 11.3 Å². The predicted molar refractivity (Wildman–Crippen MR) is 114 cm³/mol. The molecule has 164 valence electrons. The van der Waals surface area contributed by atoms with E-state index in [-0.39, 0.29) is 28.4 Å². The molecule has 0 aliphatic carbocycles. The summed E-state index contributed by atoms with van der Waals surface area (Å²) < 4.78 is 5.70. The molecular weight excluding hydrogens is 424 g/mol. The SMILES string of the molecule is O=C(c1ccc(-c2ccc([N+](=O)[O-])cc2Cl)o1)N1CCN(C(=O)N2CCCCC2)CC1. The normalized spacial score (nSPS) is 17.0. The number of carbonyl (C=O) groups is 2. The minimum absolute atomic E-state index is 0.0555. The highest BCUT2D eigenvalue weighted by atomic mass is 35.5. The number of hydrogen-bond acceptors (Lipinski definition) is 5. The van der Waals surface area contributed by atoms with Crippen molar-refractivity contribution in [1.82, 2.24) is 14.7 Å². The van der Waals surface area contributed by atoms with E-state index in [1.54, 1.807) is 21.9 Å². The first-order valence-corrected chi connectivity index (χ1v) is 10.7. The van der Waals surface area contributed by atoms with Gasteiger partial charge in [0.05, 0.1) is 9.95 Å². The van der Waals surface area contributed by atoms with E-state index in [4.69, 9.17) is 16.0 Å². The Balaban J connectivity index is 1.38. The monoisotopic (exact) mass is 446 g/mol. The number of piperazine rings is 1. The number of nitro groups is 1. The van der Waals surface area contributed by atoms with Crippen molar-refractivity contribution in [2.45, 2.75) is 19.3 Å². The van der Waals surface area contributed by atoms with Crippen LogP contribution in [-0.2, 0) is 0 Å². The molecular formula is C21H23ClN4O5. The van der Waals surface area contributed by atoms with Crippen LogP contribution in [0.5, 0.6) is 0 Å². The summed E-state index contributed by atoms with van der Waals surface area (Å²) in [7, 11) is 0. The van der Waals surface area contributed by atoms with Crippen molar-refractivity contribution in [3.63, 3.8) is 0 Å². The fourth-order valence-electron chi connectivity index (χ4n) is 3.96. The van der Waals surface area contributed by atoms with Crippen molar-refractivity contribution < 1.29 is 18.9 Å². The number of nitrogens with zero attached hydrogens (tertiary/aromatic N) is 4. The smallest absolute Gasteiger partial charge is 0.320 e. The van der Waals surface area contributed by atoms with Crippen LogP contribution in [0.4, 0.5) is 10.5 Å². The van der Waals surface area contributed by atoms with E-state index >= 15 is 0 Å². The number of rotatable bonds is 3. The maximum atomic E-state index is 12.8. The van der Waals surface area contributed by atoms with Crippen LogP contribution in [0, 0.1) is 10.1 Å². The zero-order valence-electron chi connectivity index (χ0n) is 17.0. The lowest BCUT2D eigenvalue weighted by Crippen LogP contribution is -2.54. The Hall–Kier alpha value is -3.07. The van der Waals surface area contributed by atoms with Crippen LogP contribution in [0.15, 0.2) is 34.7 Å². The van der Waals surface area contributed by atoms with E-state index < -0.39 is 4.92 Å². The Morgan fingerprint density at radius 2 is 1.55 bits per heavy atom. The molecule has 0 saturated carbocycles. The van der Waals surface area contributed by atoms with Gasteiger partial charge < -0.3 is 19.1 Å². The number of benzene rings is 1. The van der Waals surface area contributed by atoms with Gasteiger partial charge in [0.15, 0.2) is 5.76 Å². The van der Waals surface area contributed by atoms with E-state index in [9.17, 15) is 19.7 Å². The van der Waals surface area contributed by atoms with Gasteiger partial charge in [-0.15, -0.1) is 0 Å². The van der Waals surface area contributed by atoms with Crippen LogP contribution in [0.1, 0.15) is 29.8 Å². The highest BCUT2D eigenvalue weighted by molar-refractivity contribution is 6.33. The summed E-state index contributed by atoms with van der Waals surface area (Å²) >= 11 is 6.15. The Morgan fingerprint density at radius 1 is 0.903 bits per heavy atom. The second-order valence-corrected chi connectivity index (χ2v) is 8.10. The van der Waals surface area contributed by atoms with Gasteiger partial charge >= 0.3 is 6.03 Å². The lowest BCUT2D eigenvalue weighted by atomic mass is 10.1. The molecule has 9 nitrogen and oxygen atoms in total. The van der Waals surface area contributed by atoms with E-state index in [1.807, 2.05) is 4.90 Å². The van der Waals surface area contributed by atoms with Crippen molar-refractivity contribution >= 4 is 29.2 Å². The average Bonchev–Trinajstić information content (AvgIpc) is 3.28. The fourth-order valence-corrected chi connectivity index (χ4v) is 4.22. The Labute approximate surface area is 184 Å². The molecule has 3 heterocycles. The Morgan fingerprint density at radius 3 is 2.19 bits per heavy atom. The second kappa shape index (κ2) is 8.97. The molecule has 2 aromatic rings. The topological polar surface area (TPSA) is 100 Å². The maximum Gasteiger partial charge on any atom is 0.320 e. The minimum Gasteiger partial charge on any atom is -0.451 e. The van der Waals surface area contributed by atoms with Gasteiger partial charge in [-0.3, -0.25) is 14.9 Å². The predicted octanol–water partition coefficient (Wildman–Crippen LogP) is 3.87. The van der Waals surface area contributed by atoms with Crippen molar-refractivity contribution in [2.24, 2.45) is 0 Å². The molecule has 1 aromatic carbocycles. The van der Waals surface area contributed by atoms with Crippen LogP contribution >= 0.6 is 11.6 Å². The average molecular weight is 447 g/mol. The molecule has 3 amide bonds. The zero-order valence-corrected chi connectivity index (χ0v) is 17.7. The third kappa shape index (κ3) is 4.51. The first-order valence-electron chi connectivity index (χ1n) is 10.3. The number of likely N-dealkylation sites (tertiary alicyclic amines) is 1. The number of halogens is 1. The van der Waals surface area contributed by atoms with Crippen LogP contribution in [0.3, 0.4) is 0 Å². The number of urea groups is 1. The molecule has 2 aliphatic heterocycles. The maximum absolute atomic E-state index is 12.8. The standard InChI is InChI=1S/C21H23ClN4O5/c22-17-14-15(26(29)30)4-5-16(17)18-6-7-19(31-18)20(27)23-10-12-25(13-11-23)21(28)24-8-2-1-3-9-24/h4-7,14H,1-3,8-13H2. The lowest BCUT2D eigenvalue weighted by Gasteiger charge is -2.38. The van der Waals surface area contributed by atoms with Crippen molar-refractivity contribution in [2.75, 3.05) is 39.3 Å². The molecule has 31 heavy (non-hydrogen) atoms. The summed E-state index contributed by atoms with van der Waals surface area (Å²) in [6.07, 6.45) is 3.26. The summed E-state index contributed by atoms with van der Waals surface area (Å²) in [5.74, 6) is 0.275. The van der Waals surface area contributed by atoms with Crippen LogP contribution in [-0.4, -0.2) is 70.8 Å². The Kier molecular flexibility index (Phi) is 6.13. The van der Waals surface area contributed by atoms with Crippen LogP contribution in [0.2, 0.25) is 5.02 Å². The quantitative estimate of drug-likeness (QED) is 0.526. The number of non-ortho nitro benzene ring substituents is 1. The highest BCUT2D eigenvalue weighted by Gasteiger charge is 2.29.